The fourth-order valence-corrected chi connectivity index (χ4v) is 5.43. The van der Waals surface area contributed by atoms with E-state index in [1.165, 1.54) is 12.1 Å². The summed E-state index contributed by atoms with van der Waals surface area (Å²) in [4.78, 5) is 28.1. The molecule has 0 saturated heterocycles. The molecule has 0 spiro atoms. The van der Waals surface area contributed by atoms with Gasteiger partial charge in [-0.05, 0) is 63.8 Å². The Bertz CT molecular complexity index is 1170. The maximum absolute atomic E-state index is 12.3. The van der Waals surface area contributed by atoms with Crippen LogP contribution in [0.15, 0.2) is 46.2 Å². The van der Waals surface area contributed by atoms with Crippen molar-refractivity contribution in [2.24, 2.45) is 0 Å². The number of aryl methyl sites for hydroxylation is 4. The van der Waals surface area contributed by atoms with Crippen LogP contribution in [0.5, 0.6) is 0 Å². The number of carbonyl (C=O) groups excluding carboxylic acids is 2. The van der Waals surface area contributed by atoms with Crippen LogP contribution in [0.25, 0.3) is 0 Å². The molecule has 34 heavy (non-hydrogen) atoms. The van der Waals surface area contributed by atoms with Crippen molar-refractivity contribution in [1.82, 2.24) is 20.5 Å². The number of nitrogens with one attached hydrogen (secondary N) is 4. The zero-order valence-corrected chi connectivity index (χ0v) is 21.2. The summed E-state index contributed by atoms with van der Waals surface area (Å²) in [6.45, 7) is 7.02. The molecular weight excluding hydrogens is 480 g/mol. The molecule has 0 unspecified atom stereocenters. The van der Waals surface area contributed by atoms with Crippen molar-refractivity contribution in [2.75, 3.05) is 0 Å². The molecule has 2 rings (SSSR count). The van der Waals surface area contributed by atoms with Gasteiger partial charge in [0.2, 0.25) is 11.8 Å². The van der Waals surface area contributed by atoms with Crippen LogP contribution in [0.4, 0.5) is 0 Å². The Morgan fingerprint density at radius 3 is 1.32 bits per heavy atom. The average molecular weight is 511 g/mol. The van der Waals surface area contributed by atoms with Crippen LogP contribution in [-0.2, 0) is 29.6 Å². The number of hydrogen-bond donors (Lipinski definition) is 4. The first-order valence-electron chi connectivity index (χ1n) is 10.6. The molecular formula is C22H30N4O6S2. The lowest BCUT2D eigenvalue weighted by molar-refractivity contribution is -0.123. The normalized spacial score (nSPS) is 11.8. The van der Waals surface area contributed by atoms with Crippen LogP contribution >= 0.6 is 0 Å². The number of unbranched alkanes of at least 4 members (excludes halogenated alkanes) is 1. The van der Waals surface area contributed by atoms with E-state index in [9.17, 15) is 26.4 Å². The summed E-state index contributed by atoms with van der Waals surface area (Å²) in [6.07, 6.45) is 0.566. The monoisotopic (exact) mass is 510 g/mol. The fourth-order valence-electron chi connectivity index (χ4n) is 3.26. The molecule has 4 N–H and O–H groups in total. The predicted molar refractivity (Wildman–Crippen MR) is 127 cm³/mol. The molecule has 0 aliphatic heterocycles. The zero-order chi connectivity index (χ0) is 25.5. The van der Waals surface area contributed by atoms with Gasteiger partial charge in [0.25, 0.3) is 20.0 Å². The first-order chi connectivity index (χ1) is 15.8. The Labute approximate surface area is 200 Å². The van der Waals surface area contributed by atoms with Crippen molar-refractivity contribution in [3.05, 3.63) is 58.7 Å². The molecule has 10 nitrogen and oxygen atoms in total. The smallest absolute Gasteiger partial charge is 0.257 e. The summed E-state index contributed by atoms with van der Waals surface area (Å²) in [5.41, 5.74) is 7.26. The van der Waals surface area contributed by atoms with Crippen molar-refractivity contribution in [2.45, 2.75) is 63.2 Å². The minimum absolute atomic E-state index is 0.0169. The highest BCUT2D eigenvalue weighted by Crippen LogP contribution is 2.16. The molecule has 0 radical (unpaired) electrons. The molecule has 0 aromatic heterocycles. The van der Waals surface area contributed by atoms with Crippen molar-refractivity contribution in [3.8, 4) is 0 Å². The third-order valence-electron chi connectivity index (χ3n) is 4.95. The minimum atomic E-state index is -3.91. The van der Waals surface area contributed by atoms with E-state index in [0.29, 0.717) is 24.0 Å². The van der Waals surface area contributed by atoms with Gasteiger partial charge in [0, 0.05) is 12.8 Å². The second-order valence-electron chi connectivity index (χ2n) is 8.05. The molecule has 0 bridgehead atoms. The summed E-state index contributed by atoms with van der Waals surface area (Å²) >= 11 is 0. The van der Waals surface area contributed by atoms with Gasteiger partial charge in [-0.15, -0.1) is 9.66 Å². The second kappa shape index (κ2) is 11.6. The third-order valence-corrected chi connectivity index (χ3v) is 7.76. The molecule has 0 saturated carbocycles. The third kappa shape index (κ3) is 7.90. The number of sulfonamides is 2. The van der Waals surface area contributed by atoms with Gasteiger partial charge in [-0.2, -0.15) is 0 Å². The number of rotatable bonds is 11. The van der Waals surface area contributed by atoms with Crippen molar-refractivity contribution >= 4 is 31.9 Å². The molecule has 2 aromatic carbocycles. The SMILES string of the molecule is Cc1ccc(S(=O)(=O)NNC(=O)CCCCC(=O)NNS(=O)(=O)c2ccc(C)cc2C)c(C)c1. The van der Waals surface area contributed by atoms with Crippen LogP contribution in [0.3, 0.4) is 0 Å². The van der Waals surface area contributed by atoms with E-state index in [1.807, 2.05) is 13.8 Å². The summed E-state index contributed by atoms with van der Waals surface area (Å²) in [5, 5.41) is 0. The van der Waals surface area contributed by atoms with E-state index in [-0.39, 0.29) is 22.6 Å². The van der Waals surface area contributed by atoms with Gasteiger partial charge >= 0.3 is 0 Å². The van der Waals surface area contributed by atoms with Crippen molar-refractivity contribution < 1.29 is 26.4 Å². The number of benzene rings is 2. The van der Waals surface area contributed by atoms with E-state index in [4.69, 9.17) is 0 Å². The number of hydrogen-bond acceptors (Lipinski definition) is 6. The van der Waals surface area contributed by atoms with Crippen LogP contribution in [0.1, 0.15) is 47.9 Å². The van der Waals surface area contributed by atoms with Gasteiger partial charge in [-0.3, -0.25) is 20.4 Å². The Morgan fingerprint density at radius 1 is 0.647 bits per heavy atom. The average Bonchev–Trinajstić information content (AvgIpc) is 2.73. The van der Waals surface area contributed by atoms with Crippen LogP contribution in [0.2, 0.25) is 0 Å². The lowest BCUT2D eigenvalue weighted by Gasteiger charge is -2.11. The molecule has 2 amide bonds. The molecule has 2 aromatic rings. The highest BCUT2D eigenvalue weighted by atomic mass is 32.2. The van der Waals surface area contributed by atoms with Gasteiger partial charge < -0.3 is 0 Å². The maximum Gasteiger partial charge on any atom is 0.257 e. The highest BCUT2D eigenvalue weighted by Gasteiger charge is 2.19. The van der Waals surface area contributed by atoms with E-state index in [1.54, 1.807) is 38.1 Å². The standard InChI is InChI=1S/C22H30N4O6S2/c1-15-9-11-19(17(3)13-15)33(29,30)25-23-21(27)7-5-6-8-22(28)24-26-34(31,32)20-12-10-16(2)14-18(20)4/h9-14,25-26H,5-8H2,1-4H3,(H,23,27)(H,24,28). The summed E-state index contributed by atoms with van der Waals surface area (Å²) in [7, 11) is -7.82. The van der Waals surface area contributed by atoms with Gasteiger partial charge in [0.15, 0.2) is 0 Å². The van der Waals surface area contributed by atoms with Crippen LogP contribution in [0, 0.1) is 27.7 Å². The number of hydrazine groups is 2. The fraction of sp³-hybridized carbons (Fsp3) is 0.364. The molecule has 0 heterocycles. The van der Waals surface area contributed by atoms with E-state index < -0.39 is 31.9 Å². The minimum Gasteiger partial charge on any atom is -0.278 e. The first-order valence-corrected chi connectivity index (χ1v) is 13.5. The number of amides is 2. The molecule has 0 fully saturated rings. The van der Waals surface area contributed by atoms with Gasteiger partial charge in [0.05, 0.1) is 9.79 Å². The number of carbonyl (C=O) groups is 2. The van der Waals surface area contributed by atoms with Crippen molar-refractivity contribution in [3.63, 3.8) is 0 Å². The molecule has 12 heteroatoms. The molecule has 0 atom stereocenters. The molecule has 0 aliphatic rings. The summed E-state index contributed by atoms with van der Waals surface area (Å²) < 4.78 is 49.4. The maximum atomic E-state index is 12.3. The molecule has 186 valence electrons. The van der Waals surface area contributed by atoms with Gasteiger partial charge in [0.1, 0.15) is 0 Å². The lowest BCUT2D eigenvalue weighted by atomic mass is 10.2. The highest BCUT2D eigenvalue weighted by molar-refractivity contribution is 7.89. The largest absolute Gasteiger partial charge is 0.278 e. The van der Waals surface area contributed by atoms with Crippen molar-refractivity contribution in [1.29, 1.82) is 0 Å². The van der Waals surface area contributed by atoms with Gasteiger partial charge in [-0.25, -0.2) is 16.8 Å². The second-order valence-corrected chi connectivity index (χ2v) is 11.4. The van der Waals surface area contributed by atoms with Crippen LogP contribution in [-0.4, -0.2) is 28.6 Å². The Morgan fingerprint density at radius 2 is 1.00 bits per heavy atom. The van der Waals surface area contributed by atoms with E-state index >= 15 is 0 Å². The van der Waals surface area contributed by atoms with Crippen LogP contribution < -0.4 is 20.5 Å². The quantitative estimate of drug-likeness (QED) is 0.267. The Kier molecular flexibility index (Phi) is 9.33. The summed E-state index contributed by atoms with van der Waals surface area (Å²) in [6, 6.07) is 9.71. The van der Waals surface area contributed by atoms with Gasteiger partial charge in [-0.1, -0.05) is 35.4 Å². The topological polar surface area (TPSA) is 151 Å². The summed E-state index contributed by atoms with van der Waals surface area (Å²) in [5.74, 6) is -1.10. The molecule has 0 aliphatic carbocycles. The Balaban J connectivity index is 1.72. The first kappa shape index (κ1) is 27.4. The van der Waals surface area contributed by atoms with E-state index in [2.05, 4.69) is 20.5 Å². The Hall–Kier alpha value is -2.80. The lowest BCUT2D eigenvalue weighted by Crippen LogP contribution is -2.42. The zero-order valence-electron chi connectivity index (χ0n) is 19.6. The van der Waals surface area contributed by atoms with E-state index in [0.717, 1.165) is 11.1 Å². The predicted octanol–water partition coefficient (Wildman–Crippen LogP) is 1.80.